The van der Waals surface area contributed by atoms with E-state index in [0.29, 0.717) is 0 Å². The largest absolute Gasteiger partial charge is 0.455 e. The minimum atomic E-state index is 0.755. The highest BCUT2D eigenvalue weighted by Crippen LogP contribution is 2.23. The minimum absolute atomic E-state index is 0.755. The topological polar surface area (TPSA) is 29.8 Å². The van der Waals surface area contributed by atoms with Crippen LogP contribution in [0.3, 0.4) is 0 Å². The molecule has 0 atom stereocenters. The maximum atomic E-state index is 5.90. The summed E-state index contributed by atoms with van der Waals surface area (Å²) < 4.78 is 5.90. The average molecular weight is 277 g/mol. The first-order valence-electron chi connectivity index (χ1n) is 6.99. The summed E-state index contributed by atoms with van der Waals surface area (Å²) >= 11 is 5.89. The fourth-order valence-electron chi connectivity index (χ4n) is 2.73. The van der Waals surface area contributed by atoms with Gasteiger partial charge in [0.1, 0.15) is 12.3 Å². The van der Waals surface area contributed by atoms with Crippen molar-refractivity contribution in [3.05, 3.63) is 47.2 Å². The van der Waals surface area contributed by atoms with Gasteiger partial charge in [0.25, 0.3) is 0 Å². The van der Waals surface area contributed by atoms with Crippen molar-refractivity contribution in [1.82, 2.24) is 0 Å². The Kier molecular flexibility index (Phi) is 3.90. The number of hydrogen-bond donors (Lipinski definition) is 1. The first-order valence-corrected chi connectivity index (χ1v) is 7.37. The fourth-order valence-corrected chi connectivity index (χ4v) is 2.86. The Morgan fingerprint density at radius 2 is 1.79 bits per heavy atom. The molecule has 1 aliphatic rings. The molecule has 2 N–H and O–H groups in total. The molecule has 2 nitrogen and oxygen atoms in total. The number of quaternary nitrogens is 1. The van der Waals surface area contributed by atoms with Crippen molar-refractivity contribution in [2.24, 2.45) is 0 Å². The standard InChI is InChI=1S/C16H18ClNO/c17-13-7-5-12(6-8-13)16-10-9-15(19-16)11-18-14-3-1-2-4-14/h5-10,14,18H,1-4,11H2/p+1. The summed E-state index contributed by atoms with van der Waals surface area (Å²) in [6.07, 6.45) is 5.47. The van der Waals surface area contributed by atoms with E-state index in [0.717, 1.165) is 34.7 Å². The van der Waals surface area contributed by atoms with Gasteiger partial charge in [-0.2, -0.15) is 0 Å². The van der Waals surface area contributed by atoms with E-state index in [1.165, 1.54) is 25.7 Å². The smallest absolute Gasteiger partial charge is 0.158 e. The third-order valence-electron chi connectivity index (χ3n) is 3.84. The van der Waals surface area contributed by atoms with Crippen LogP contribution >= 0.6 is 11.6 Å². The van der Waals surface area contributed by atoms with Crippen molar-refractivity contribution in [3.8, 4) is 11.3 Å². The van der Waals surface area contributed by atoms with Gasteiger partial charge in [-0.3, -0.25) is 0 Å². The normalized spacial score (nSPS) is 16.1. The molecule has 19 heavy (non-hydrogen) atoms. The van der Waals surface area contributed by atoms with Crippen molar-refractivity contribution < 1.29 is 9.73 Å². The first-order chi connectivity index (χ1) is 9.31. The zero-order valence-corrected chi connectivity index (χ0v) is 11.7. The Labute approximate surface area is 118 Å². The van der Waals surface area contributed by atoms with Gasteiger partial charge in [0.05, 0.1) is 6.04 Å². The van der Waals surface area contributed by atoms with E-state index in [1.54, 1.807) is 0 Å². The van der Waals surface area contributed by atoms with Crippen molar-refractivity contribution in [3.63, 3.8) is 0 Å². The lowest BCUT2D eigenvalue weighted by Gasteiger charge is -2.06. The SMILES string of the molecule is Clc1ccc(-c2ccc(C[NH2+]C3CCCC3)o2)cc1. The van der Waals surface area contributed by atoms with E-state index < -0.39 is 0 Å². The summed E-state index contributed by atoms with van der Waals surface area (Å²) in [7, 11) is 0. The highest BCUT2D eigenvalue weighted by molar-refractivity contribution is 6.30. The van der Waals surface area contributed by atoms with Crippen molar-refractivity contribution in [2.45, 2.75) is 38.3 Å². The van der Waals surface area contributed by atoms with E-state index in [1.807, 2.05) is 30.3 Å². The van der Waals surface area contributed by atoms with Gasteiger partial charge >= 0.3 is 0 Å². The second-order valence-electron chi connectivity index (χ2n) is 5.26. The van der Waals surface area contributed by atoms with Gasteiger partial charge in [0, 0.05) is 10.6 Å². The zero-order valence-electron chi connectivity index (χ0n) is 10.9. The van der Waals surface area contributed by atoms with Crippen LogP contribution in [0.2, 0.25) is 5.02 Å². The molecular weight excluding hydrogens is 258 g/mol. The van der Waals surface area contributed by atoms with Gasteiger partial charge < -0.3 is 9.73 Å². The molecule has 0 spiro atoms. The molecule has 1 aliphatic carbocycles. The summed E-state index contributed by atoms with van der Waals surface area (Å²) in [6.45, 7) is 0.943. The molecule has 1 fully saturated rings. The van der Waals surface area contributed by atoms with Gasteiger partial charge in [-0.1, -0.05) is 11.6 Å². The predicted octanol–water partition coefficient (Wildman–Crippen LogP) is 3.61. The van der Waals surface area contributed by atoms with Crippen molar-refractivity contribution in [1.29, 1.82) is 0 Å². The molecule has 1 aromatic carbocycles. The molecule has 1 saturated carbocycles. The number of benzene rings is 1. The molecule has 0 radical (unpaired) electrons. The Balaban J connectivity index is 1.63. The van der Waals surface area contributed by atoms with E-state index in [9.17, 15) is 0 Å². The third-order valence-corrected chi connectivity index (χ3v) is 4.09. The Morgan fingerprint density at radius 3 is 2.53 bits per heavy atom. The highest BCUT2D eigenvalue weighted by Gasteiger charge is 2.18. The van der Waals surface area contributed by atoms with Crippen LogP contribution in [0.4, 0.5) is 0 Å². The summed E-state index contributed by atoms with van der Waals surface area (Å²) in [5, 5.41) is 3.17. The second-order valence-corrected chi connectivity index (χ2v) is 5.69. The van der Waals surface area contributed by atoms with Crippen LogP contribution in [0.5, 0.6) is 0 Å². The van der Waals surface area contributed by atoms with Crippen LogP contribution in [0.1, 0.15) is 31.4 Å². The highest BCUT2D eigenvalue weighted by atomic mass is 35.5. The van der Waals surface area contributed by atoms with E-state index in [-0.39, 0.29) is 0 Å². The molecule has 1 heterocycles. The molecule has 2 aromatic rings. The van der Waals surface area contributed by atoms with Crippen molar-refractivity contribution in [2.75, 3.05) is 0 Å². The zero-order chi connectivity index (χ0) is 13.1. The molecule has 0 saturated heterocycles. The molecule has 0 unspecified atom stereocenters. The third kappa shape index (κ3) is 3.20. The quantitative estimate of drug-likeness (QED) is 0.908. The lowest BCUT2D eigenvalue weighted by atomic mass is 10.2. The average Bonchev–Trinajstić information content (AvgIpc) is 3.09. The minimum Gasteiger partial charge on any atom is -0.455 e. The van der Waals surface area contributed by atoms with Gasteiger partial charge in [-0.05, 0) is 62.1 Å². The summed E-state index contributed by atoms with van der Waals surface area (Å²) in [5.41, 5.74) is 1.08. The van der Waals surface area contributed by atoms with Crippen LogP contribution < -0.4 is 5.32 Å². The molecule has 3 rings (SSSR count). The van der Waals surface area contributed by atoms with Crippen molar-refractivity contribution >= 4 is 11.6 Å². The monoisotopic (exact) mass is 276 g/mol. The lowest BCUT2D eigenvalue weighted by Crippen LogP contribution is -2.87. The maximum Gasteiger partial charge on any atom is 0.158 e. The fraction of sp³-hybridized carbons (Fsp3) is 0.375. The number of hydrogen-bond acceptors (Lipinski definition) is 1. The first kappa shape index (κ1) is 12.8. The molecule has 0 aliphatic heterocycles. The van der Waals surface area contributed by atoms with Crippen LogP contribution in [-0.2, 0) is 6.54 Å². The van der Waals surface area contributed by atoms with Gasteiger partial charge in [-0.25, -0.2) is 0 Å². The van der Waals surface area contributed by atoms with Crippen LogP contribution in [0.15, 0.2) is 40.8 Å². The maximum absolute atomic E-state index is 5.90. The van der Waals surface area contributed by atoms with Gasteiger partial charge in [0.15, 0.2) is 5.76 Å². The van der Waals surface area contributed by atoms with Gasteiger partial charge in [-0.15, -0.1) is 0 Å². The number of nitrogens with two attached hydrogens (primary N) is 1. The summed E-state index contributed by atoms with van der Waals surface area (Å²) in [6, 6.07) is 12.7. The van der Waals surface area contributed by atoms with Crippen LogP contribution in [0.25, 0.3) is 11.3 Å². The number of halogens is 1. The van der Waals surface area contributed by atoms with E-state index in [4.69, 9.17) is 16.0 Å². The Bertz CT molecular complexity index is 526. The number of rotatable bonds is 4. The van der Waals surface area contributed by atoms with E-state index >= 15 is 0 Å². The van der Waals surface area contributed by atoms with E-state index in [2.05, 4.69) is 11.4 Å². The molecule has 100 valence electrons. The Morgan fingerprint density at radius 1 is 1.05 bits per heavy atom. The van der Waals surface area contributed by atoms with Gasteiger partial charge in [0.2, 0.25) is 0 Å². The number of furan rings is 1. The lowest BCUT2D eigenvalue weighted by molar-refractivity contribution is -0.704. The molecule has 1 aromatic heterocycles. The summed E-state index contributed by atoms with van der Waals surface area (Å²) in [5.74, 6) is 1.98. The van der Waals surface area contributed by atoms with Crippen LogP contribution in [0, 0.1) is 0 Å². The molecule has 0 amide bonds. The second kappa shape index (κ2) is 5.81. The Hall–Kier alpha value is -1.25. The molecule has 0 bridgehead atoms. The molecule has 3 heteroatoms. The summed E-state index contributed by atoms with van der Waals surface area (Å²) in [4.78, 5) is 0. The predicted molar refractivity (Wildman–Crippen MR) is 77.0 cm³/mol. The molecular formula is C16H19ClNO+. The van der Waals surface area contributed by atoms with Crippen LogP contribution in [-0.4, -0.2) is 6.04 Å².